The standard InChI is InChI=1S/C30H35FN4O/c1-22-8-11-24(12-9-22)26-6-5-7-27(29(26)31)30(36)33-25-14-18-34(19-15-25)21-23-10-13-28(32-20-23)35-16-3-2-4-17-35/h5-13,20,25H,2-4,14-19,21H2,1H3,(H,33,36). The van der Waals surface area contributed by atoms with Crippen LogP contribution in [0.1, 0.15) is 53.6 Å². The lowest BCUT2D eigenvalue weighted by atomic mass is 9.99. The first-order chi connectivity index (χ1) is 17.6. The fraction of sp³-hybridized carbons (Fsp3) is 0.400. The summed E-state index contributed by atoms with van der Waals surface area (Å²) in [6.45, 7) is 6.85. The van der Waals surface area contributed by atoms with E-state index in [1.807, 2.05) is 37.4 Å². The Labute approximate surface area is 213 Å². The summed E-state index contributed by atoms with van der Waals surface area (Å²) in [4.78, 5) is 22.4. The second kappa shape index (κ2) is 11.2. The van der Waals surface area contributed by atoms with Crippen molar-refractivity contribution in [2.45, 2.75) is 51.6 Å². The average Bonchev–Trinajstić information content (AvgIpc) is 2.91. The molecule has 3 aromatic rings. The van der Waals surface area contributed by atoms with Crippen LogP contribution in [0.4, 0.5) is 10.2 Å². The van der Waals surface area contributed by atoms with Crippen molar-refractivity contribution in [2.24, 2.45) is 0 Å². The van der Waals surface area contributed by atoms with Crippen LogP contribution in [0.25, 0.3) is 11.1 Å². The predicted octanol–water partition coefficient (Wildman–Crippen LogP) is 5.58. The zero-order chi connectivity index (χ0) is 24.9. The summed E-state index contributed by atoms with van der Waals surface area (Å²) in [5, 5.41) is 3.07. The van der Waals surface area contributed by atoms with Crippen LogP contribution in [-0.2, 0) is 6.54 Å². The number of hydrogen-bond donors (Lipinski definition) is 1. The number of nitrogens with zero attached hydrogens (tertiary/aromatic N) is 3. The Morgan fingerprint density at radius 1 is 0.972 bits per heavy atom. The minimum atomic E-state index is -0.461. The first-order valence-corrected chi connectivity index (χ1v) is 13.2. The molecule has 3 heterocycles. The molecule has 1 N–H and O–H groups in total. The molecule has 1 aromatic heterocycles. The quantitative estimate of drug-likeness (QED) is 0.494. The van der Waals surface area contributed by atoms with Crippen LogP contribution in [0, 0.1) is 12.7 Å². The van der Waals surface area contributed by atoms with Crippen molar-refractivity contribution < 1.29 is 9.18 Å². The molecule has 0 unspecified atom stereocenters. The zero-order valence-corrected chi connectivity index (χ0v) is 21.0. The largest absolute Gasteiger partial charge is 0.357 e. The third kappa shape index (κ3) is 5.76. The zero-order valence-electron chi connectivity index (χ0n) is 21.0. The Kier molecular flexibility index (Phi) is 7.61. The van der Waals surface area contributed by atoms with Crippen LogP contribution in [0.2, 0.25) is 0 Å². The molecule has 1 amide bonds. The smallest absolute Gasteiger partial charge is 0.254 e. The number of carbonyl (C=O) groups excluding carboxylic acids is 1. The second-order valence-electron chi connectivity index (χ2n) is 10.1. The minimum Gasteiger partial charge on any atom is -0.357 e. The van der Waals surface area contributed by atoms with Crippen LogP contribution < -0.4 is 10.2 Å². The number of aryl methyl sites for hydroxylation is 1. The van der Waals surface area contributed by atoms with Gasteiger partial charge in [0, 0.05) is 50.5 Å². The van der Waals surface area contributed by atoms with E-state index in [1.54, 1.807) is 18.2 Å². The Morgan fingerprint density at radius 3 is 2.42 bits per heavy atom. The van der Waals surface area contributed by atoms with Crippen LogP contribution >= 0.6 is 0 Å². The first kappa shape index (κ1) is 24.4. The van der Waals surface area contributed by atoms with Crippen LogP contribution in [0.3, 0.4) is 0 Å². The Hall–Kier alpha value is -3.25. The first-order valence-electron chi connectivity index (χ1n) is 13.2. The number of benzene rings is 2. The van der Waals surface area contributed by atoms with Crippen molar-refractivity contribution in [3.63, 3.8) is 0 Å². The van der Waals surface area contributed by atoms with Gasteiger partial charge in [-0.3, -0.25) is 9.69 Å². The highest BCUT2D eigenvalue weighted by Crippen LogP contribution is 2.26. The van der Waals surface area contributed by atoms with Gasteiger partial charge in [0.2, 0.25) is 0 Å². The summed E-state index contributed by atoms with van der Waals surface area (Å²) in [6, 6.07) is 17.1. The summed E-state index contributed by atoms with van der Waals surface area (Å²) in [5.41, 5.74) is 3.67. The van der Waals surface area contributed by atoms with Crippen LogP contribution in [-0.4, -0.2) is 48.0 Å². The molecule has 6 heteroatoms. The number of carbonyl (C=O) groups is 1. The molecule has 0 radical (unpaired) electrons. The van der Waals surface area contributed by atoms with Crippen LogP contribution in [0.5, 0.6) is 0 Å². The van der Waals surface area contributed by atoms with Crippen molar-refractivity contribution in [3.05, 3.63) is 83.3 Å². The van der Waals surface area contributed by atoms with E-state index in [1.165, 1.54) is 24.8 Å². The molecule has 5 nitrogen and oxygen atoms in total. The van der Waals surface area contributed by atoms with E-state index < -0.39 is 5.82 Å². The minimum absolute atomic E-state index is 0.0517. The molecule has 2 fully saturated rings. The number of anilines is 1. The van der Waals surface area contributed by atoms with Gasteiger partial charge in [-0.1, -0.05) is 48.0 Å². The number of rotatable bonds is 6. The van der Waals surface area contributed by atoms with Gasteiger partial charge in [-0.2, -0.15) is 0 Å². The molecule has 188 valence electrons. The summed E-state index contributed by atoms with van der Waals surface area (Å²) in [7, 11) is 0. The monoisotopic (exact) mass is 486 g/mol. The molecular formula is C30H35FN4O. The van der Waals surface area contributed by atoms with E-state index in [2.05, 4.69) is 27.2 Å². The Bertz CT molecular complexity index is 1160. The Morgan fingerprint density at radius 2 is 1.72 bits per heavy atom. The van der Waals surface area contributed by atoms with Gasteiger partial charge in [0.15, 0.2) is 0 Å². The van der Waals surface area contributed by atoms with Crippen molar-refractivity contribution in [1.82, 2.24) is 15.2 Å². The lowest BCUT2D eigenvalue weighted by Gasteiger charge is -2.32. The van der Waals surface area contributed by atoms with Gasteiger partial charge >= 0.3 is 0 Å². The average molecular weight is 487 g/mol. The lowest BCUT2D eigenvalue weighted by molar-refractivity contribution is 0.0905. The molecule has 0 saturated carbocycles. The van der Waals surface area contributed by atoms with E-state index in [-0.39, 0.29) is 17.5 Å². The fourth-order valence-corrected chi connectivity index (χ4v) is 5.24. The molecule has 0 bridgehead atoms. The van der Waals surface area contributed by atoms with E-state index in [0.717, 1.165) is 62.5 Å². The number of hydrogen-bond acceptors (Lipinski definition) is 4. The summed E-state index contributed by atoms with van der Waals surface area (Å²) >= 11 is 0. The molecule has 2 aliphatic heterocycles. The normalized spacial score (nSPS) is 17.2. The maximum atomic E-state index is 15.2. The molecule has 2 saturated heterocycles. The van der Waals surface area contributed by atoms with Crippen molar-refractivity contribution >= 4 is 11.7 Å². The van der Waals surface area contributed by atoms with Crippen molar-refractivity contribution in [1.29, 1.82) is 0 Å². The van der Waals surface area contributed by atoms with Crippen molar-refractivity contribution in [2.75, 3.05) is 31.1 Å². The fourth-order valence-electron chi connectivity index (χ4n) is 5.24. The number of halogens is 1. The van der Waals surface area contributed by atoms with Gasteiger partial charge in [-0.05, 0) is 62.3 Å². The molecule has 0 atom stereocenters. The number of piperidine rings is 2. The van der Waals surface area contributed by atoms with E-state index >= 15 is 4.39 Å². The third-order valence-electron chi connectivity index (χ3n) is 7.42. The van der Waals surface area contributed by atoms with Gasteiger partial charge in [0.25, 0.3) is 5.91 Å². The number of nitrogens with one attached hydrogen (secondary N) is 1. The van der Waals surface area contributed by atoms with Crippen LogP contribution in [0.15, 0.2) is 60.8 Å². The van der Waals surface area contributed by atoms with Crippen molar-refractivity contribution in [3.8, 4) is 11.1 Å². The van der Waals surface area contributed by atoms with Gasteiger partial charge in [-0.25, -0.2) is 9.37 Å². The summed E-state index contributed by atoms with van der Waals surface area (Å²) < 4.78 is 15.2. The van der Waals surface area contributed by atoms with E-state index in [0.29, 0.717) is 5.56 Å². The number of amides is 1. The van der Waals surface area contributed by atoms with Gasteiger partial charge in [0.1, 0.15) is 11.6 Å². The molecule has 5 rings (SSSR count). The van der Waals surface area contributed by atoms with Gasteiger partial charge in [-0.15, -0.1) is 0 Å². The molecule has 2 aliphatic rings. The summed E-state index contributed by atoms with van der Waals surface area (Å²) in [6.07, 6.45) is 7.52. The van der Waals surface area contributed by atoms with Gasteiger partial charge in [0.05, 0.1) is 5.56 Å². The number of aromatic nitrogens is 1. The number of pyridine rings is 1. The molecule has 2 aromatic carbocycles. The number of likely N-dealkylation sites (tertiary alicyclic amines) is 1. The molecule has 0 aliphatic carbocycles. The highest BCUT2D eigenvalue weighted by molar-refractivity contribution is 5.96. The molecular weight excluding hydrogens is 451 g/mol. The maximum absolute atomic E-state index is 15.2. The molecule has 0 spiro atoms. The highest BCUT2D eigenvalue weighted by Gasteiger charge is 2.23. The van der Waals surface area contributed by atoms with E-state index in [4.69, 9.17) is 4.98 Å². The SMILES string of the molecule is Cc1ccc(-c2cccc(C(=O)NC3CCN(Cc4ccc(N5CCCCC5)nc4)CC3)c2F)cc1. The lowest BCUT2D eigenvalue weighted by Crippen LogP contribution is -2.44. The topological polar surface area (TPSA) is 48.5 Å². The predicted molar refractivity (Wildman–Crippen MR) is 143 cm³/mol. The van der Waals surface area contributed by atoms with E-state index in [9.17, 15) is 4.79 Å². The maximum Gasteiger partial charge on any atom is 0.254 e. The highest BCUT2D eigenvalue weighted by atomic mass is 19.1. The van der Waals surface area contributed by atoms with Gasteiger partial charge < -0.3 is 10.2 Å². The molecule has 36 heavy (non-hydrogen) atoms. The summed E-state index contributed by atoms with van der Waals surface area (Å²) in [5.74, 6) is 0.285. The second-order valence-corrected chi connectivity index (χ2v) is 10.1. The Balaban J connectivity index is 1.14. The third-order valence-corrected chi connectivity index (χ3v) is 7.42.